The summed E-state index contributed by atoms with van der Waals surface area (Å²) in [5.74, 6) is 1.93. The number of anilines is 1. The standard InChI is InChI=1S/C10H15N5S/c1-14(2)9-8-10(12-6-11-9)15(7-13-8)4-5-16-3/h6-7H,4-5H2,1-3H3. The zero-order valence-electron chi connectivity index (χ0n) is 9.71. The molecule has 0 atom stereocenters. The highest BCUT2D eigenvalue weighted by Crippen LogP contribution is 2.19. The third kappa shape index (κ3) is 1.97. The van der Waals surface area contributed by atoms with Crippen LogP contribution in [-0.4, -0.2) is 45.6 Å². The van der Waals surface area contributed by atoms with Gasteiger partial charge in [-0.15, -0.1) is 0 Å². The molecule has 0 saturated carbocycles. The molecule has 0 N–H and O–H groups in total. The molecule has 0 saturated heterocycles. The van der Waals surface area contributed by atoms with Crippen molar-refractivity contribution in [3.05, 3.63) is 12.7 Å². The molecule has 0 aliphatic carbocycles. The van der Waals surface area contributed by atoms with Crippen molar-refractivity contribution in [3.63, 3.8) is 0 Å². The summed E-state index contributed by atoms with van der Waals surface area (Å²) >= 11 is 1.82. The summed E-state index contributed by atoms with van der Waals surface area (Å²) in [5, 5.41) is 0. The Morgan fingerprint density at radius 2 is 2.12 bits per heavy atom. The van der Waals surface area contributed by atoms with E-state index in [1.54, 1.807) is 6.33 Å². The van der Waals surface area contributed by atoms with E-state index < -0.39 is 0 Å². The first-order valence-electron chi connectivity index (χ1n) is 5.06. The fourth-order valence-electron chi connectivity index (χ4n) is 1.55. The number of rotatable bonds is 4. The summed E-state index contributed by atoms with van der Waals surface area (Å²) in [5.41, 5.74) is 1.78. The number of imidazole rings is 1. The van der Waals surface area contributed by atoms with Crippen LogP contribution < -0.4 is 4.90 Å². The maximum atomic E-state index is 4.38. The number of hydrogen-bond acceptors (Lipinski definition) is 5. The second-order valence-electron chi connectivity index (χ2n) is 3.69. The molecule has 5 nitrogen and oxygen atoms in total. The maximum Gasteiger partial charge on any atom is 0.165 e. The number of aryl methyl sites for hydroxylation is 1. The van der Waals surface area contributed by atoms with Crippen LogP contribution in [0.3, 0.4) is 0 Å². The fourth-order valence-corrected chi connectivity index (χ4v) is 1.93. The third-order valence-electron chi connectivity index (χ3n) is 2.34. The second kappa shape index (κ2) is 4.69. The number of thioether (sulfide) groups is 1. The van der Waals surface area contributed by atoms with Crippen molar-refractivity contribution in [1.29, 1.82) is 0 Å². The maximum absolute atomic E-state index is 4.38. The Bertz CT molecular complexity index is 479. The van der Waals surface area contributed by atoms with E-state index in [9.17, 15) is 0 Å². The van der Waals surface area contributed by atoms with Crippen molar-refractivity contribution in [2.75, 3.05) is 31.0 Å². The molecule has 2 rings (SSSR count). The van der Waals surface area contributed by atoms with Gasteiger partial charge in [0.25, 0.3) is 0 Å². The van der Waals surface area contributed by atoms with Crippen LogP contribution in [0.1, 0.15) is 0 Å². The molecule has 0 unspecified atom stereocenters. The molecule has 0 spiro atoms. The van der Waals surface area contributed by atoms with Crippen molar-refractivity contribution in [2.45, 2.75) is 6.54 Å². The molecular formula is C10H15N5S. The van der Waals surface area contributed by atoms with E-state index in [0.29, 0.717) is 0 Å². The topological polar surface area (TPSA) is 46.8 Å². The van der Waals surface area contributed by atoms with Gasteiger partial charge in [-0.05, 0) is 6.26 Å². The van der Waals surface area contributed by atoms with Crippen molar-refractivity contribution < 1.29 is 0 Å². The summed E-state index contributed by atoms with van der Waals surface area (Å²) in [6.07, 6.45) is 5.52. The molecule has 0 amide bonds. The summed E-state index contributed by atoms with van der Waals surface area (Å²) in [4.78, 5) is 14.9. The van der Waals surface area contributed by atoms with Gasteiger partial charge >= 0.3 is 0 Å². The highest BCUT2D eigenvalue weighted by Gasteiger charge is 2.10. The molecule has 0 aromatic carbocycles. The van der Waals surface area contributed by atoms with E-state index >= 15 is 0 Å². The quantitative estimate of drug-likeness (QED) is 0.801. The lowest BCUT2D eigenvalue weighted by molar-refractivity contribution is 0.786. The average molecular weight is 237 g/mol. The first-order chi connectivity index (χ1) is 7.74. The Hall–Kier alpha value is -1.30. The smallest absolute Gasteiger partial charge is 0.165 e. The number of nitrogens with zero attached hydrogens (tertiary/aromatic N) is 5. The molecule has 6 heteroatoms. The van der Waals surface area contributed by atoms with Crippen LogP contribution >= 0.6 is 11.8 Å². The highest BCUT2D eigenvalue weighted by atomic mass is 32.2. The molecule has 86 valence electrons. The molecule has 16 heavy (non-hydrogen) atoms. The zero-order valence-corrected chi connectivity index (χ0v) is 10.5. The van der Waals surface area contributed by atoms with E-state index in [2.05, 4.69) is 25.8 Å². The van der Waals surface area contributed by atoms with E-state index in [1.807, 2.05) is 37.1 Å². The van der Waals surface area contributed by atoms with Crippen molar-refractivity contribution in [3.8, 4) is 0 Å². The van der Waals surface area contributed by atoms with Gasteiger partial charge in [0, 0.05) is 26.4 Å². The van der Waals surface area contributed by atoms with Crippen molar-refractivity contribution in [1.82, 2.24) is 19.5 Å². The lowest BCUT2D eigenvalue weighted by Gasteiger charge is -2.10. The van der Waals surface area contributed by atoms with Gasteiger partial charge in [0.2, 0.25) is 0 Å². The Kier molecular flexibility index (Phi) is 3.28. The zero-order chi connectivity index (χ0) is 11.5. The van der Waals surface area contributed by atoms with E-state index in [0.717, 1.165) is 29.3 Å². The second-order valence-corrected chi connectivity index (χ2v) is 4.68. The van der Waals surface area contributed by atoms with Gasteiger partial charge in [0.05, 0.1) is 6.33 Å². The van der Waals surface area contributed by atoms with Gasteiger partial charge < -0.3 is 9.47 Å². The summed E-state index contributed by atoms with van der Waals surface area (Å²) in [6, 6.07) is 0. The molecule has 0 fully saturated rings. The Balaban J connectivity index is 2.44. The van der Waals surface area contributed by atoms with Crippen molar-refractivity contribution in [2.24, 2.45) is 0 Å². The molecule has 0 bridgehead atoms. The Labute approximate surface area is 98.9 Å². The van der Waals surface area contributed by atoms with Crippen molar-refractivity contribution >= 4 is 28.7 Å². The van der Waals surface area contributed by atoms with Gasteiger partial charge in [-0.3, -0.25) is 0 Å². The minimum Gasteiger partial charge on any atom is -0.361 e. The number of aromatic nitrogens is 4. The minimum absolute atomic E-state index is 0.868. The molecule has 2 heterocycles. The normalized spacial score (nSPS) is 10.9. The minimum atomic E-state index is 0.868. The van der Waals surface area contributed by atoms with E-state index in [4.69, 9.17) is 0 Å². The van der Waals surface area contributed by atoms with Gasteiger partial charge in [-0.1, -0.05) is 0 Å². The van der Waals surface area contributed by atoms with Crippen LogP contribution in [0.2, 0.25) is 0 Å². The van der Waals surface area contributed by atoms with Crippen LogP contribution in [-0.2, 0) is 6.54 Å². The van der Waals surface area contributed by atoms with Crippen LogP contribution in [0.15, 0.2) is 12.7 Å². The molecule has 2 aromatic rings. The van der Waals surface area contributed by atoms with Crippen LogP contribution in [0.25, 0.3) is 11.2 Å². The highest BCUT2D eigenvalue weighted by molar-refractivity contribution is 7.98. The molecule has 0 aliphatic heterocycles. The largest absolute Gasteiger partial charge is 0.361 e. The fraction of sp³-hybridized carbons (Fsp3) is 0.500. The van der Waals surface area contributed by atoms with Gasteiger partial charge in [0.1, 0.15) is 6.33 Å². The van der Waals surface area contributed by atoms with E-state index in [-0.39, 0.29) is 0 Å². The molecule has 2 aromatic heterocycles. The van der Waals surface area contributed by atoms with Gasteiger partial charge in [-0.2, -0.15) is 11.8 Å². The SMILES string of the molecule is CSCCn1cnc2c(N(C)C)ncnc21. The first kappa shape index (κ1) is 11.2. The van der Waals surface area contributed by atoms with Crippen LogP contribution in [0.4, 0.5) is 5.82 Å². The Morgan fingerprint density at radius 1 is 1.31 bits per heavy atom. The predicted molar refractivity (Wildman–Crippen MR) is 68.0 cm³/mol. The lowest BCUT2D eigenvalue weighted by Crippen LogP contribution is -2.11. The van der Waals surface area contributed by atoms with Crippen LogP contribution in [0, 0.1) is 0 Å². The third-order valence-corrected chi connectivity index (χ3v) is 2.93. The first-order valence-corrected chi connectivity index (χ1v) is 6.45. The van der Waals surface area contributed by atoms with Gasteiger partial charge in [-0.25, -0.2) is 15.0 Å². The Morgan fingerprint density at radius 3 is 2.81 bits per heavy atom. The average Bonchev–Trinajstić information content (AvgIpc) is 2.69. The van der Waals surface area contributed by atoms with Crippen LogP contribution in [0.5, 0.6) is 0 Å². The predicted octanol–water partition coefficient (Wildman–Crippen LogP) is 1.26. The summed E-state index contributed by atoms with van der Waals surface area (Å²) < 4.78 is 2.07. The summed E-state index contributed by atoms with van der Waals surface area (Å²) in [6.45, 7) is 0.932. The summed E-state index contributed by atoms with van der Waals surface area (Å²) in [7, 11) is 3.92. The molecular weight excluding hydrogens is 222 g/mol. The number of hydrogen-bond donors (Lipinski definition) is 0. The molecule has 0 radical (unpaired) electrons. The molecule has 0 aliphatic rings. The van der Waals surface area contributed by atoms with Gasteiger partial charge in [0.15, 0.2) is 17.0 Å². The number of fused-ring (bicyclic) bond motifs is 1. The monoisotopic (exact) mass is 237 g/mol. The van der Waals surface area contributed by atoms with E-state index in [1.165, 1.54) is 0 Å². The lowest BCUT2D eigenvalue weighted by atomic mass is 10.4.